The van der Waals surface area contributed by atoms with E-state index in [9.17, 15) is 4.79 Å². The average Bonchev–Trinajstić information content (AvgIpc) is 2.90. The van der Waals surface area contributed by atoms with Crippen LogP contribution >= 0.6 is 0 Å². The van der Waals surface area contributed by atoms with E-state index in [1.807, 2.05) is 60.8 Å². The lowest BCUT2D eigenvalue weighted by Crippen LogP contribution is -2.47. The molecule has 4 heterocycles. The molecule has 0 spiro atoms. The number of pyridine rings is 2. The quantitative estimate of drug-likeness (QED) is 0.626. The predicted octanol–water partition coefficient (Wildman–Crippen LogP) is 2.72. The highest BCUT2D eigenvalue weighted by Crippen LogP contribution is 2.21. The summed E-state index contributed by atoms with van der Waals surface area (Å²) < 4.78 is 5.77. The summed E-state index contributed by atoms with van der Waals surface area (Å²) in [5.74, 6) is 1.78. The standard InChI is InChI=1S/C25H28N6O2/c32-25(20-6-4-19(5-7-20)22-18-26-11-16-33-22)29-21-8-9-24(28-17-21)31-14-12-30(13-15-31)23-3-1-2-10-27-23/h1-10,17,22,26H,11-16,18H2,(H,29,32). The smallest absolute Gasteiger partial charge is 0.255 e. The number of nitrogens with one attached hydrogen (secondary N) is 2. The summed E-state index contributed by atoms with van der Waals surface area (Å²) in [6, 6.07) is 17.4. The minimum atomic E-state index is -0.150. The van der Waals surface area contributed by atoms with Crippen molar-refractivity contribution in [1.82, 2.24) is 15.3 Å². The van der Waals surface area contributed by atoms with Crippen molar-refractivity contribution in [2.24, 2.45) is 0 Å². The fourth-order valence-electron chi connectivity index (χ4n) is 4.18. The molecule has 8 nitrogen and oxygen atoms in total. The van der Waals surface area contributed by atoms with Gasteiger partial charge in [-0.15, -0.1) is 0 Å². The summed E-state index contributed by atoms with van der Waals surface area (Å²) >= 11 is 0. The van der Waals surface area contributed by atoms with E-state index >= 15 is 0 Å². The second-order valence-electron chi connectivity index (χ2n) is 8.21. The summed E-state index contributed by atoms with van der Waals surface area (Å²) in [5.41, 5.74) is 2.37. The molecule has 0 radical (unpaired) electrons. The monoisotopic (exact) mass is 444 g/mol. The normalized spacial score (nSPS) is 18.7. The van der Waals surface area contributed by atoms with E-state index in [-0.39, 0.29) is 12.0 Å². The fourth-order valence-corrected chi connectivity index (χ4v) is 4.18. The second-order valence-corrected chi connectivity index (χ2v) is 8.21. The van der Waals surface area contributed by atoms with Crippen molar-refractivity contribution in [1.29, 1.82) is 0 Å². The second kappa shape index (κ2) is 9.97. The van der Waals surface area contributed by atoms with Gasteiger partial charge in [0.05, 0.1) is 24.6 Å². The van der Waals surface area contributed by atoms with Gasteiger partial charge in [-0.3, -0.25) is 4.79 Å². The molecule has 1 amide bonds. The highest BCUT2D eigenvalue weighted by molar-refractivity contribution is 6.04. The maximum Gasteiger partial charge on any atom is 0.255 e. The number of benzene rings is 1. The molecule has 2 aromatic heterocycles. The lowest BCUT2D eigenvalue weighted by atomic mass is 10.1. The number of nitrogens with zero attached hydrogens (tertiary/aromatic N) is 4. The van der Waals surface area contributed by atoms with Crippen molar-refractivity contribution in [3.8, 4) is 0 Å². The zero-order valence-corrected chi connectivity index (χ0v) is 18.5. The van der Waals surface area contributed by atoms with Gasteiger partial charge >= 0.3 is 0 Å². The fraction of sp³-hybridized carbons (Fsp3) is 0.320. The zero-order valence-electron chi connectivity index (χ0n) is 18.5. The van der Waals surface area contributed by atoms with Gasteiger partial charge in [0.15, 0.2) is 0 Å². The Morgan fingerprint density at radius 3 is 2.30 bits per heavy atom. The molecule has 2 aliphatic rings. The first-order chi connectivity index (χ1) is 16.3. The first-order valence-corrected chi connectivity index (χ1v) is 11.4. The molecule has 0 saturated carbocycles. The number of anilines is 3. The largest absolute Gasteiger partial charge is 0.371 e. The molecule has 170 valence electrons. The van der Waals surface area contributed by atoms with Crippen LogP contribution < -0.4 is 20.4 Å². The van der Waals surface area contributed by atoms with Crippen molar-refractivity contribution in [2.75, 3.05) is 61.0 Å². The molecule has 5 rings (SSSR count). The van der Waals surface area contributed by atoms with Crippen LogP contribution in [0.4, 0.5) is 17.3 Å². The Bertz CT molecular complexity index is 1040. The van der Waals surface area contributed by atoms with Gasteiger partial charge in [0, 0.05) is 51.0 Å². The Labute approximate surface area is 193 Å². The molecule has 3 aromatic rings. The Hall–Kier alpha value is -3.49. The number of hydrogen-bond acceptors (Lipinski definition) is 7. The van der Waals surface area contributed by atoms with E-state index < -0.39 is 0 Å². The van der Waals surface area contributed by atoms with Gasteiger partial charge in [0.2, 0.25) is 0 Å². The lowest BCUT2D eigenvalue weighted by molar-refractivity contribution is 0.0277. The van der Waals surface area contributed by atoms with E-state index in [1.54, 1.807) is 6.20 Å². The Morgan fingerprint density at radius 2 is 1.70 bits per heavy atom. The van der Waals surface area contributed by atoms with Gasteiger partial charge in [-0.05, 0) is 42.0 Å². The van der Waals surface area contributed by atoms with Crippen LogP contribution in [-0.2, 0) is 4.74 Å². The van der Waals surface area contributed by atoms with Gasteiger partial charge in [-0.25, -0.2) is 9.97 Å². The van der Waals surface area contributed by atoms with E-state index in [0.29, 0.717) is 17.9 Å². The third-order valence-corrected chi connectivity index (χ3v) is 6.05. The van der Waals surface area contributed by atoms with E-state index in [0.717, 1.165) is 56.5 Å². The van der Waals surface area contributed by atoms with E-state index in [4.69, 9.17) is 4.74 Å². The maximum atomic E-state index is 12.7. The van der Waals surface area contributed by atoms with Gasteiger partial charge < -0.3 is 25.2 Å². The molecule has 1 aromatic carbocycles. The number of carbonyl (C=O) groups excluding carboxylic acids is 1. The Balaban J connectivity index is 1.15. The van der Waals surface area contributed by atoms with Crippen LogP contribution in [0.15, 0.2) is 67.0 Å². The van der Waals surface area contributed by atoms with Crippen molar-refractivity contribution in [3.63, 3.8) is 0 Å². The molecule has 1 unspecified atom stereocenters. The lowest BCUT2D eigenvalue weighted by Gasteiger charge is -2.36. The average molecular weight is 445 g/mol. The molecule has 2 fully saturated rings. The first-order valence-electron chi connectivity index (χ1n) is 11.4. The van der Waals surface area contributed by atoms with Gasteiger partial charge in [0.1, 0.15) is 11.6 Å². The highest BCUT2D eigenvalue weighted by Gasteiger charge is 2.19. The molecule has 2 aliphatic heterocycles. The van der Waals surface area contributed by atoms with Crippen LogP contribution in [0.5, 0.6) is 0 Å². The summed E-state index contributed by atoms with van der Waals surface area (Å²) in [6.45, 7) is 5.93. The molecule has 33 heavy (non-hydrogen) atoms. The topological polar surface area (TPSA) is 82.6 Å². The number of ether oxygens (including phenoxy) is 1. The SMILES string of the molecule is O=C(Nc1ccc(N2CCN(c3ccccn3)CC2)nc1)c1ccc(C2CNCCO2)cc1. The number of carbonyl (C=O) groups is 1. The molecular weight excluding hydrogens is 416 g/mol. The molecule has 8 heteroatoms. The number of hydrogen-bond donors (Lipinski definition) is 2. The summed E-state index contributed by atoms with van der Waals surface area (Å²) in [6.07, 6.45) is 3.58. The molecule has 2 N–H and O–H groups in total. The number of amides is 1. The number of aromatic nitrogens is 2. The summed E-state index contributed by atoms with van der Waals surface area (Å²) in [7, 11) is 0. The third-order valence-electron chi connectivity index (χ3n) is 6.05. The van der Waals surface area contributed by atoms with Crippen molar-refractivity contribution in [2.45, 2.75) is 6.10 Å². The molecule has 0 aliphatic carbocycles. The first kappa shape index (κ1) is 21.4. The predicted molar refractivity (Wildman–Crippen MR) is 129 cm³/mol. The minimum Gasteiger partial charge on any atom is -0.371 e. The Morgan fingerprint density at radius 1 is 0.939 bits per heavy atom. The molecule has 1 atom stereocenters. The van der Waals surface area contributed by atoms with Crippen LogP contribution in [0.25, 0.3) is 0 Å². The van der Waals surface area contributed by atoms with Crippen molar-refractivity contribution < 1.29 is 9.53 Å². The minimum absolute atomic E-state index is 0.0402. The maximum absolute atomic E-state index is 12.7. The summed E-state index contributed by atoms with van der Waals surface area (Å²) in [5, 5.41) is 6.26. The van der Waals surface area contributed by atoms with E-state index in [2.05, 4.69) is 30.4 Å². The van der Waals surface area contributed by atoms with Gasteiger partial charge in [-0.1, -0.05) is 18.2 Å². The number of rotatable bonds is 5. The van der Waals surface area contributed by atoms with Crippen molar-refractivity contribution in [3.05, 3.63) is 78.1 Å². The molecule has 2 saturated heterocycles. The summed E-state index contributed by atoms with van der Waals surface area (Å²) in [4.78, 5) is 26.2. The zero-order chi connectivity index (χ0) is 22.5. The van der Waals surface area contributed by atoms with Gasteiger partial charge in [0.25, 0.3) is 5.91 Å². The van der Waals surface area contributed by atoms with Crippen LogP contribution in [0, 0.1) is 0 Å². The molecular formula is C25H28N6O2. The molecule has 0 bridgehead atoms. The highest BCUT2D eigenvalue weighted by atomic mass is 16.5. The van der Waals surface area contributed by atoms with E-state index in [1.165, 1.54) is 0 Å². The van der Waals surface area contributed by atoms with Crippen molar-refractivity contribution >= 4 is 23.2 Å². The van der Waals surface area contributed by atoms with Crippen LogP contribution in [0.3, 0.4) is 0 Å². The van der Waals surface area contributed by atoms with Gasteiger partial charge in [-0.2, -0.15) is 0 Å². The third kappa shape index (κ3) is 5.13. The number of piperazine rings is 1. The number of morpholine rings is 1. The van der Waals surface area contributed by atoms with Crippen LogP contribution in [-0.4, -0.2) is 61.8 Å². The van der Waals surface area contributed by atoms with Crippen LogP contribution in [0.2, 0.25) is 0 Å². The Kier molecular flexibility index (Phi) is 6.46. The van der Waals surface area contributed by atoms with Crippen LogP contribution in [0.1, 0.15) is 22.0 Å².